The third-order valence-corrected chi connectivity index (χ3v) is 2.93. The summed E-state index contributed by atoms with van der Waals surface area (Å²) in [4.78, 5) is 2.77. The zero-order chi connectivity index (χ0) is 11.1. The number of azide groups is 1. The average Bonchev–Trinajstić information content (AvgIpc) is 2.26. The molecule has 1 aromatic rings. The van der Waals surface area contributed by atoms with Crippen molar-refractivity contribution in [2.45, 2.75) is 6.04 Å². The van der Waals surface area contributed by atoms with Crippen LogP contribution in [0.2, 0.25) is 0 Å². The van der Waals surface area contributed by atoms with Crippen molar-refractivity contribution in [3.63, 3.8) is 0 Å². The Morgan fingerprint density at radius 3 is 2.60 bits per heavy atom. The summed E-state index contributed by atoms with van der Waals surface area (Å²) in [7, 11) is 0. The monoisotopic (exact) mass is 329 g/mol. The highest BCUT2D eigenvalue weighted by molar-refractivity contribution is 9.10. The van der Waals surface area contributed by atoms with Gasteiger partial charge in [-0.15, -0.1) is 0 Å². The predicted octanol–water partition coefficient (Wildman–Crippen LogP) is 4.54. The van der Waals surface area contributed by atoms with Gasteiger partial charge in [0, 0.05) is 14.7 Å². The van der Waals surface area contributed by atoms with Crippen LogP contribution < -0.4 is 0 Å². The molecule has 15 heavy (non-hydrogen) atoms. The molecule has 0 aliphatic carbocycles. The van der Waals surface area contributed by atoms with Crippen LogP contribution in [0.5, 0.6) is 0 Å². The first kappa shape index (κ1) is 12.3. The van der Waals surface area contributed by atoms with Crippen LogP contribution in [0.4, 0.5) is 0 Å². The summed E-state index contributed by atoms with van der Waals surface area (Å²) < 4.78 is 1.05. The minimum absolute atomic E-state index is 0.140. The van der Waals surface area contributed by atoms with E-state index in [0.717, 1.165) is 10.0 Å². The largest absolute Gasteiger partial charge is 0.0920 e. The van der Waals surface area contributed by atoms with Gasteiger partial charge in [-0.25, -0.2) is 0 Å². The standard InChI is InChI=1S/C10H9Br2N3/c11-7-10(14-15-13)6-3-8-1-4-9(12)5-2-8/h1-6,10H,7H2/b6-3+. The summed E-state index contributed by atoms with van der Waals surface area (Å²) in [5.41, 5.74) is 9.38. The minimum Gasteiger partial charge on any atom is -0.0920 e. The molecule has 0 saturated carbocycles. The molecule has 0 bridgehead atoms. The maximum Gasteiger partial charge on any atom is 0.0655 e. The maximum atomic E-state index is 8.30. The van der Waals surface area contributed by atoms with E-state index in [4.69, 9.17) is 5.53 Å². The van der Waals surface area contributed by atoms with Crippen LogP contribution in [0, 0.1) is 0 Å². The van der Waals surface area contributed by atoms with E-state index >= 15 is 0 Å². The van der Waals surface area contributed by atoms with Crippen molar-refractivity contribution in [2.24, 2.45) is 5.11 Å². The molecule has 3 nitrogen and oxygen atoms in total. The molecule has 0 spiro atoms. The van der Waals surface area contributed by atoms with E-state index in [2.05, 4.69) is 41.9 Å². The number of rotatable bonds is 4. The van der Waals surface area contributed by atoms with E-state index in [1.807, 2.05) is 36.4 Å². The summed E-state index contributed by atoms with van der Waals surface area (Å²) in [5.74, 6) is 0. The van der Waals surface area contributed by atoms with Crippen LogP contribution in [0.25, 0.3) is 16.5 Å². The summed E-state index contributed by atoms with van der Waals surface area (Å²) in [5, 5.41) is 4.24. The Bertz CT molecular complexity index is 380. The summed E-state index contributed by atoms with van der Waals surface area (Å²) >= 11 is 6.64. The first-order valence-electron chi connectivity index (χ1n) is 4.30. The van der Waals surface area contributed by atoms with Gasteiger partial charge in [0.05, 0.1) is 6.04 Å². The predicted molar refractivity (Wildman–Crippen MR) is 69.9 cm³/mol. The number of alkyl halides is 1. The quantitative estimate of drug-likeness (QED) is 0.337. The Balaban J connectivity index is 2.71. The molecule has 1 atom stereocenters. The molecule has 1 aromatic carbocycles. The van der Waals surface area contributed by atoms with Gasteiger partial charge in [0.25, 0.3) is 0 Å². The molecule has 0 radical (unpaired) electrons. The van der Waals surface area contributed by atoms with E-state index in [-0.39, 0.29) is 6.04 Å². The van der Waals surface area contributed by atoms with E-state index < -0.39 is 0 Å². The number of hydrogen-bond donors (Lipinski definition) is 0. The number of hydrogen-bond acceptors (Lipinski definition) is 1. The Hall–Kier alpha value is -0.770. The number of nitrogens with zero attached hydrogens (tertiary/aromatic N) is 3. The van der Waals surface area contributed by atoms with Crippen LogP contribution in [-0.2, 0) is 0 Å². The highest BCUT2D eigenvalue weighted by Gasteiger charge is 1.97. The lowest BCUT2D eigenvalue weighted by Crippen LogP contribution is -1.98. The van der Waals surface area contributed by atoms with Gasteiger partial charge >= 0.3 is 0 Å². The summed E-state index contributed by atoms with van der Waals surface area (Å²) in [6.07, 6.45) is 3.81. The lowest BCUT2D eigenvalue weighted by molar-refractivity contribution is 0.936. The fourth-order valence-corrected chi connectivity index (χ4v) is 1.59. The average molecular weight is 331 g/mol. The molecule has 0 aliphatic rings. The van der Waals surface area contributed by atoms with Crippen molar-refractivity contribution in [1.82, 2.24) is 0 Å². The smallest absolute Gasteiger partial charge is 0.0655 e. The Morgan fingerprint density at radius 2 is 2.07 bits per heavy atom. The molecule has 0 N–H and O–H groups in total. The van der Waals surface area contributed by atoms with Crippen LogP contribution >= 0.6 is 31.9 Å². The van der Waals surface area contributed by atoms with Crippen LogP contribution in [-0.4, -0.2) is 11.4 Å². The van der Waals surface area contributed by atoms with Crippen LogP contribution in [0.3, 0.4) is 0 Å². The Morgan fingerprint density at radius 1 is 1.40 bits per heavy atom. The third kappa shape index (κ3) is 4.51. The van der Waals surface area contributed by atoms with E-state index in [9.17, 15) is 0 Å². The summed E-state index contributed by atoms with van der Waals surface area (Å²) in [6.45, 7) is 0. The first-order valence-corrected chi connectivity index (χ1v) is 6.21. The Labute approximate surface area is 105 Å². The highest BCUT2D eigenvalue weighted by atomic mass is 79.9. The topological polar surface area (TPSA) is 48.8 Å². The molecule has 0 saturated heterocycles. The molecule has 0 aliphatic heterocycles. The van der Waals surface area contributed by atoms with Gasteiger partial charge in [-0.1, -0.05) is 61.3 Å². The zero-order valence-corrected chi connectivity index (χ0v) is 11.0. The lowest BCUT2D eigenvalue weighted by atomic mass is 10.2. The SMILES string of the molecule is [N-]=[N+]=NC(/C=C/c1ccc(Br)cc1)CBr. The molecular formula is C10H9Br2N3. The normalized spacial score (nSPS) is 12.4. The molecule has 0 aromatic heterocycles. The van der Waals surface area contributed by atoms with E-state index in [1.165, 1.54) is 0 Å². The molecule has 0 amide bonds. The molecular weight excluding hydrogens is 322 g/mol. The van der Waals surface area contributed by atoms with Gasteiger partial charge in [0.1, 0.15) is 0 Å². The molecule has 78 valence electrons. The van der Waals surface area contributed by atoms with E-state index in [1.54, 1.807) is 0 Å². The third-order valence-electron chi connectivity index (χ3n) is 1.74. The number of halogens is 2. The fraction of sp³-hybridized carbons (Fsp3) is 0.200. The summed E-state index contributed by atoms with van der Waals surface area (Å²) in [6, 6.07) is 7.77. The second-order valence-electron chi connectivity index (χ2n) is 2.84. The van der Waals surface area contributed by atoms with Crippen LogP contribution in [0.15, 0.2) is 39.9 Å². The van der Waals surface area contributed by atoms with Crippen molar-refractivity contribution in [2.75, 3.05) is 5.33 Å². The van der Waals surface area contributed by atoms with Crippen molar-refractivity contribution < 1.29 is 0 Å². The van der Waals surface area contributed by atoms with Crippen molar-refractivity contribution in [1.29, 1.82) is 0 Å². The molecule has 5 heteroatoms. The molecule has 1 unspecified atom stereocenters. The molecule has 0 heterocycles. The maximum absolute atomic E-state index is 8.30. The van der Waals surface area contributed by atoms with E-state index in [0.29, 0.717) is 5.33 Å². The van der Waals surface area contributed by atoms with Crippen molar-refractivity contribution in [3.8, 4) is 0 Å². The van der Waals surface area contributed by atoms with Gasteiger partial charge in [-0.2, -0.15) is 0 Å². The van der Waals surface area contributed by atoms with Gasteiger partial charge in [0.15, 0.2) is 0 Å². The van der Waals surface area contributed by atoms with Gasteiger partial charge in [0.2, 0.25) is 0 Å². The fourth-order valence-electron chi connectivity index (χ4n) is 0.983. The second-order valence-corrected chi connectivity index (χ2v) is 4.40. The van der Waals surface area contributed by atoms with Gasteiger partial charge in [-0.05, 0) is 23.2 Å². The van der Waals surface area contributed by atoms with Crippen molar-refractivity contribution >= 4 is 37.9 Å². The zero-order valence-electron chi connectivity index (χ0n) is 7.85. The highest BCUT2D eigenvalue weighted by Crippen LogP contribution is 2.12. The minimum atomic E-state index is -0.140. The van der Waals surface area contributed by atoms with Gasteiger partial charge < -0.3 is 0 Å². The number of benzene rings is 1. The second kappa shape index (κ2) is 6.67. The van der Waals surface area contributed by atoms with Crippen LogP contribution in [0.1, 0.15) is 5.56 Å². The molecule has 0 fully saturated rings. The first-order chi connectivity index (χ1) is 7.26. The van der Waals surface area contributed by atoms with Crippen molar-refractivity contribution in [3.05, 3.63) is 50.8 Å². The lowest BCUT2D eigenvalue weighted by Gasteiger charge is -1.99. The van der Waals surface area contributed by atoms with Gasteiger partial charge in [-0.3, -0.25) is 0 Å². The molecule has 1 rings (SSSR count). The Kier molecular flexibility index (Phi) is 5.47.